The first-order chi connectivity index (χ1) is 17.7. The summed E-state index contributed by atoms with van der Waals surface area (Å²) in [5, 5.41) is 9.80. The zero-order chi connectivity index (χ0) is 26.4. The Morgan fingerprint density at radius 1 is 1.08 bits per heavy atom. The minimum Gasteiger partial charge on any atom is -0.481 e. The van der Waals surface area contributed by atoms with Crippen molar-refractivity contribution in [3.8, 4) is 5.69 Å². The second kappa shape index (κ2) is 9.17. The molecule has 0 bridgehead atoms. The lowest BCUT2D eigenvalue weighted by molar-refractivity contribution is -0.136. The molecule has 0 radical (unpaired) electrons. The second-order valence-electron chi connectivity index (χ2n) is 9.03. The first-order valence-electron chi connectivity index (χ1n) is 11.7. The quantitative estimate of drug-likeness (QED) is 0.291. The van der Waals surface area contributed by atoms with Crippen molar-refractivity contribution in [2.75, 3.05) is 5.01 Å². The van der Waals surface area contributed by atoms with Gasteiger partial charge in [0, 0.05) is 25.6 Å². The van der Waals surface area contributed by atoms with Gasteiger partial charge in [-0.1, -0.05) is 24.3 Å². The van der Waals surface area contributed by atoms with Crippen molar-refractivity contribution in [3.05, 3.63) is 97.2 Å². The standard InChI is InChI=1S/C26H24FN5O5/c1-29-21(33)14-20(32(28)19-11-7-15(13-18(19)27)8-12-22(34)35)23-24(29)30(16-5-3-2-4-6-16)26(37)31(25(23)36)17-9-10-17/h2-7,11,13-14,17H,8-10,12,28H2,1H3,(H,34,35). The summed E-state index contributed by atoms with van der Waals surface area (Å²) in [6, 6.07) is 13.6. The van der Waals surface area contributed by atoms with Crippen LogP contribution in [0.3, 0.4) is 0 Å². The summed E-state index contributed by atoms with van der Waals surface area (Å²) in [6.45, 7) is 0. The van der Waals surface area contributed by atoms with E-state index in [0.29, 0.717) is 24.1 Å². The number of hydrogen-bond acceptors (Lipinski definition) is 6. The SMILES string of the molecule is Cn1c(=O)cc(N(N)c2ccc(CCC(=O)O)cc2F)c2c(=O)n(C3CC3)c(=O)n(-c3ccccc3)c21. The minimum absolute atomic E-state index is 0.00527. The Labute approximate surface area is 209 Å². The summed E-state index contributed by atoms with van der Waals surface area (Å²) in [7, 11) is 1.45. The number of carboxylic acids is 1. The summed E-state index contributed by atoms with van der Waals surface area (Å²) in [5.74, 6) is 4.57. The number of aliphatic carboxylic acids is 1. The van der Waals surface area contributed by atoms with Gasteiger partial charge in [0.05, 0.1) is 17.1 Å². The molecule has 37 heavy (non-hydrogen) atoms. The summed E-state index contributed by atoms with van der Waals surface area (Å²) in [6.07, 6.45) is 1.29. The first kappa shape index (κ1) is 24.2. The number of anilines is 2. The summed E-state index contributed by atoms with van der Waals surface area (Å²) >= 11 is 0. The van der Waals surface area contributed by atoms with E-state index in [1.807, 2.05) is 0 Å². The number of halogens is 1. The number of hydrazine groups is 1. The molecule has 5 rings (SSSR count). The van der Waals surface area contributed by atoms with E-state index in [1.165, 1.54) is 38.9 Å². The van der Waals surface area contributed by atoms with Crippen LogP contribution in [-0.4, -0.2) is 24.8 Å². The number of hydrogen-bond donors (Lipinski definition) is 2. The minimum atomic E-state index is -1.01. The smallest absolute Gasteiger partial charge is 0.337 e. The molecule has 1 aliphatic rings. The van der Waals surface area contributed by atoms with Gasteiger partial charge in [-0.05, 0) is 49.1 Å². The molecule has 1 aliphatic carbocycles. The van der Waals surface area contributed by atoms with E-state index in [4.69, 9.17) is 10.9 Å². The lowest BCUT2D eigenvalue weighted by Crippen LogP contribution is -2.42. The van der Waals surface area contributed by atoms with Gasteiger partial charge in [0.1, 0.15) is 16.9 Å². The number of aromatic nitrogens is 3. The van der Waals surface area contributed by atoms with Gasteiger partial charge in [-0.15, -0.1) is 0 Å². The molecule has 1 fully saturated rings. The summed E-state index contributed by atoms with van der Waals surface area (Å²) in [4.78, 5) is 51.2. The maximum atomic E-state index is 15.1. The van der Waals surface area contributed by atoms with Crippen molar-refractivity contribution in [3.63, 3.8) is 0 Å². The van der Waals surface area contributed by atoms with Crippen LogP contribution < -0.4 is 27.7 Å². The van der Waals surface area contributed by atoms with Gasteiger partial charge in [0.15, 0.2) is 0 Å². The second-order valence-corrected chi connectivity index (χ2v) is 9.03. The number of benzene rings is 2. The van der Waals surface area contributed by atoms with E-state index in [-0.39, 0.29) is 41.3 Å². The highest BCUT2D eigenvalue weighted by Crippen LogP contribution is 2.34. The highest BCUT2D eigenvalue weighted by atomic mass is 19.1. The molecule has 0 amide bonds. The average molecular weight is 506 g/mol. The Kier molecular flexibility index (Phi) is 6.00. The normalized spacial score (nSPS) is 13.2. The van der Waals surface area contributed by atoms with Crippen molar-refractivity contribution >= 4 is 28.4 Å². The molecule has 0 atom stereocenters. The molecule has 190 valence electrons. The molecular weight excluding hydrogens is 481 g/mol. The third kappa shape index (κ3) is 4.23. The molecule has 10 nitrogen and oxygen atoms in total. The van der Waals surface area contributed by atoms with Gasteiger partial charge in [-0.3, -0.25) is 28.5 Å². The van der Waals surface area contributed by atoms with Crippen LogP contribution in [0.1, 0.15) is 30.9 Å². The van der Waals surface area contributed by atoms with Crippen LogP contribution in [0, 0.1) is 5.82 Å². The van der Waals surface area contributed by atoms with Crippen LogP contribution in [0.5, 0.6) is 0 Å². The van der Waals surface area contributed by atoms with Crippen LogP contribution in [0.15, 0.2) is 69.0 Å². The Morgan fingerprint density at radius 3 is 2.41 bits per heavy atom. The lowest BCUT2D eigenvalue weighted by atomic mass is 10.1. The van der Waals surface area contributed by atoms with Crippen molar-refractivity contribution in [1.29, 1.82) is 0 Å². The van der Waals surface area contributed by atoms with E-state index in [1.54, 1.807) is 30.3 Å². The maximum absolute atomic E-state index is 15.1. The molecule has 1 saturated carbocycles. The molecule has 0 spiro atoms. The number of aryl methyl sites for hydroxylation is 2. The molecule has 11 heteroatoms. The zero-order valence-corrected chi connectivity index (χ0v) is 19.9. The number of nitrogens with two attached hydrogens (primary N) is 1. The molecule has 0 aliphatic heterocycles. The maximum Gasteiger partial charge on any atom is 0.337 e. The monoisotopic (exact) mass is 505 g/mol. The fraction of sp³-hybridized carbons (Fsp3) is 0.231. The van der Waals surface area contributed by atoms with Crippen LogP contribution >= 0.6 is 0 Å². The van der Waals surface area contributed by atoms with Crippen molar-refractivity contribution in [1.82, 2.24) is 13.7 Å². The van der Waals surface area contributed by atoms with Crippen molar-refractivity contribution in [2.45, 2.75) is 31.7 Å². The molecule has 0 unspecified atom stereocenters. The molecular formula is C26H24FN5O5. The zero-order valence-electron chi connectivity index (χ0n) is 19.9. The number of pyridine rings is 1. The van der Waals surface area contributed by atoms with E-state index in [9.17, 15) is 19.2 Å². The van der Waals surface area contributed by atoms with Crippen molar-refractivity contribution < 1.29 is 14.3 Å². The summed E-state index contributed by atoms with van der Waals surface area (Å²) < 4.78 is 18.8. The molecule has 2 aromatic carbocycles. The molecule has 4 aromatic rings. The predicted molar refractivity (Wildman–Crippen MR) is 136 cm³/mol. The number of para-hydroxylation sites is 1. The van der Waals surface area contributed by atoms with Gasteiger partial charge in [0.25, 0.3) is 11.1 Å². The number of nitrogens with zero attached hydrogens (tertiary/aromatic N) is 4. The van der Waals surface area contributed by atoms with Crippen LogP contribution in [0.25, 0.3) is 16.7 Å². The van der Waals surface area contributed by atoms with Gasteiger partial charge >= 0.3 is 11.7 Å². The molecule has 2 aromatic heterocycles. The third-order valence-corrected chi connectivity index (χ3v) is 6.52. The van der Waals surface area contributed by atoms with Crippen LogP contribution in [0.2, 0.25) is 0 Å². The highest BCUT2D eigenvalue weighted by Gasteiger charge is 2.31. The van der Waals surface area contributed by atoms with Gasteiger partial charge in [-0.25, -0.2) is 19.6 Å². The Morgan fingerprint density at radius 2 is 1.78 bits per heavy atom. The molecule has 0 saturated heterocycles. The number of carbonyl (C=O) groups is 1. The van der Waals surface area contributed by atoms with E-state index in [2.05, 4.69) is 0 Å². The fourth-order valence-corrected chi connectivity index (χ4v) is 4.48. The Hall–Kier alpha value is -4.51. The highest BCUT2D eigenvalue weighted by molar-refractivity contribution is 5.92. The van der Waals surface area contributed by atoms with Crippen molar-refractivity contribution in [2.24, 2.45) is 12.9 Å². The predicted octanol–water partition coefficient (Wildman–Crippen LogP) is 2.35. The van der Waals surface area contributed by atoms with E-state index >= 15 is 4.39 Å². The number of rotatable bonds is 7. The summed E-state index contributed by atoms with van der Waals surface area (Å²) in [5.41, 5.74) is -0.969. The van der Waals surface area contributed by atoms with E-state index in [0.717, 1.165) is 11.1 Å². The molecule has 2 heterocycles. The number of carboxylic acid groups (broad SMARTS) is 1. The lowest BCUT2D eigenvalue weighted by Gasteiger charge is -2.24. The third-order valence-electron chi connectivity index (χ3n) is 6.52. The largest absolute Gasteiger partial charge is 0.481 e. The Balaban J connectivity index is 1.79. The van der Waals surface area contributed by atoms with Crippen LogP contribution in [-0.2, 0) is 18.3 Å². The topological polar surface area (TPSA) is 133 Å². The van der Waals surface area contributed by atoms with Crippen LogP contribution in [0.4, 0.5) is 15.8 Å². The first-order valence-corrected chi connectivity index (χ1v) is 11.7. The van der Waals surface area contributed by atoms with Gasteiger partial charge in [-0.2, -0.15) is 0 Å². The van der Waals surface area contributed by atoms with Gasteiger partial charge < -0.3 is 5.11 Å². The average Bonchev–Trinajstić information content (AvgIpc) is 3.70. The number of fused-ring (bicyclic) bond motifs is 1. The fourth-order valence-electron chi connectivity index (χ4n) is 4.48. The Bertz CT molecular complexity index is 1720. The molecule has 3 N–H and O–H groups in total. The van der Waals surface area contributed by atoms with E-state index < -0.39 is 28.6 Å². The van der Waals surface area contributed by atoms with Gasteiger partial charge in [0.2, 0.25) is 0 Å².